The van der Waals surface area contributed by atoms with Crippen LogP contribution in [0.5, 0.6) is 0 Å². The minimum Gasteiger partial charge on any atom is -1.00 e. The molecule has 0 N–H and O–H groups in total. The number of unbranched alkanes of at least 4 members (excludes halogenated alkanes) is 7. The summed E-state index contributed by atoms with van der Waals surface area (Å²) in [5.41, 5.74) is 1.48. The Morgan fingerprint density at radius 1 is 0.850 bits per heavy atom. The summed E-state index contributed by atoms with van der Waals surface area (Å²) in [6, 6.07) is 4.43. The van der Waals surface area contributed by atoms with Crippen LogP contribution >= 0.6 is 0 Å². The Labute approximate surface area is 132 Å². The third kappa shape index (κ3) is 9.36. The van der Waals surface area contributed by atoms with E-state index in [4.69, 9.17) is 0 Å². The van der Waals surface area contributed by atoms with E-state index in [9.17, 15) is 0 Å². The van der Waals surface area contributed by atoms with Gasteiger partial charge in [-0.1, -0.05) is 58.8 Å². The summed E-state index contributed by atoms with van der Waals surface area (Å²) in [4.78, 5) is 0. The van der Waals surface area contributed by atoms with Crippen LogP contribution in [0.4, 0.5) is 0 Å². The average molecular weight is 298 g/mol. The zero-order chi connectivity index (χ0) is 13.8. The second-order valence-corrected chi connectivity index (χ2v) is 5.67. The summed E-state index contributed by atoms with van der Waals surface area (Å²) in [5, 5.41) is 0. The second-order valence-electron chi connectivity index (χ2n) is 5.67. The molecule has 0 atom stereocenters. The van der Waals surface area contributed by atoms with Gasteiger partial charge in [0.1, 0.15) is 6.54 Å². The van der Waals surface area contributed by atoms with Gasteiger partial charge < -0.3 is 12.4 Å². The quantitative estimate of drug-likeness (QED) is 0.435. The highest BCUT2D eigenvalue weighted by Crippen LogP contribution is 2.08. The number of aryl methyl sites for hydroxylation is 2. The minimum atomic E-state index is 0. The van der Waals surface area contributed by atoms with E-state index < -0.39 is 0 Å². The largest absolute Gasteiger partial charge is 1.00 e. The molecule has 0 saturated carbocycles. The third-order valence-electron chi connectivity index (χ3n) is 3.73. The Balaban J connectivity index is 0.00000361. The maximum absolute atomic E-state index is 2.36. The van der Waals surface area contributed by atoms with Gasteiger partial charge in [-0.2, -0.15) is 0 Å². The van der Waals surface area contributed by atoms with Gasteiger partial charge in [0.25, 0.3) is 0 Å². The molecule has 1 nitrogen and oxygen atoms in total. The molecule has 0 radical (unpaired) electrons. The summed E-state index contributed by atoms with van der Waals surface area (Å²) in [7, 11) is 0. The van der Waals surface area contributed by atoms with Crippen LogP contribution in [-0.4, -0.2) is 0 Å². The highest BCUT2D eigenvalue weighted by molar-refractivity contribution is 5.04. The van der Waals surface area contributed by atoms with Crippen molar-refractivity contribution in [2.24, 2.45) is 0 Å². The van der Waals surface area contributed by atoms with E-state index in [0.717, 1.165) is 0 Å². The average Bonchev–Trinajstić information content (AvgIpc) is 2.43. The fourth-order valence-electron chi connectivity index (χ4n) is 2.58. The van der Waals surface area contributed by atoms with Gasteiger partial charge in [0.2, 0.25) is 0 Å². The smallest absolute Gasteiger partial charge is 0.171 e. The van der Waals surface area contributed by atoms with Gasteiger partial charge in [0.05, 0.1) is 0 Å². The second kappa shape index (κ2) is 13.4. The maximum Gasteiger partial charge on any atom is 0.171 e. The Bertz CT molecular complexity index is 325. The molecule has 0 amide bonds. The Kier molecular flexibility index (Phi) is 13.0. The summed E-state index contributed by atoms with van der Waals surface area (Å²) in [5.74, 6) is 0. The summed E-state index contributed by atoms with van der Waals surface area (Å²) in [6.07, 6.45) is 18.2. The maximum atomic E-state index is 2.36. The van der Waals surface area contributed by atoms with Gasteiger partial charge in [-0.3, -0.25) is 0 Å². The van der Waals surface area contributed by atoms with Crippen LogP contribution in [0.2, 0.25) is 0 Å². The molecule has 0 unspecified atom stereocenters. The Morgan fingerprint density at radius 2 is 1.50 bits per heavy atom. The standard InChI is InChI=1S/C18H32N.ClH/c1-3-5-6-7-8-9-10-11-15-19-16-12-14-18(17-19)13-4-2;/h12,14,16-17H,3-11,13,15H2,1-2H3;1H/q+1;/p-1. The van der Waals surface area contributed by atoms with Gasteiger partial charge in [-0.15, -0.1) is 0 Å². The highest BCUT2D eigenvalue weighted by atomic mass is 35.5. The molecule has 0 fully saturated rings. The summed E-state index contributed by atoms with van der Waals surface area (Å²) in [6.45, 7) is 5.71. The van der Waals surface area contributed by atoms with Crippen LogP contribution in [0.3, 0.4) is 0 Å². The molecule has 1 rings (SSSR count). The number of nitrogens with zero attached hydrogens (tertiary/aromatic N) is 1. The van der Waals surface area contributed by atoms with E-state index in [1.807, 2.05) is 0 Å². The van der Waals surface area contributed by atoms with Crippen molar-refractivity contribution in [1.29, 1.82) is 0 Å². The van der Waals surface area contributed by atoms with E-state index in [2.05, 4.69) is 42.9 Å². The lowest BCUT2D eigenvalue weighted by atomic mass is 10.1. The molecule has 0 aliphatic heterocycles. The lowest BCUT2D eigenvalue weighted by Crippen LogP contribution is -3.00. The van der Waals surface area contributed by atoms with Crippen molar-refractivity contribution in [2.75, 3.05) is 0 Å². The van der Waals surface area contributed by atoms with Gasteiger partial charge in [0.15, 0.2) is 12.4 Å². The topological polar surface area (TPSA) is 3.88 Å². The number of hydrogen-bond donors (Lipinski definition) is 0. The van der Waals surface area contributed by atoms with E-state index >= 15 is 0 Å². The van der Waals surface area contributed by atoms with Crippen LogP contribution in [0.25, 0.3) is 0 Å². The zero-order valence-corrected chi connectivity index (χ0v) is 14.2. The van der Waals surface area contributed by atoms with Crippen molar-refractivity contribution >= 4 is 0 Å². The molecule has 0 saturated heterocycles. The van der Waals surface area contributed by atoms with Gasteiger partial charge >= 0.3 is 0 Å². The molecule has 0 aliphatic rings. The molecule has 1 aromatic rings. The normalized spacial score (nSPS) is 10.3. The predicted molar refractivity (Wildman–Crippen MR) is 83.2 cm³/mol. The first kappa shape index (κ1) is 19.4. The molecule has 1 aromatic heterocycles. The van der Waals surface area contributed by atoms with Crippen LogP contribution in [0, 0.1) is 0 Å². The lowest BCUT2D eigenvalue weighted by molar-refractivity contribution is -0.697. The molecule has 1 heterocycles. The number of pyridine rings is 1. The van der Waals surface area contributed by atoms with Crippen molar-refractivity contribution in [2.45, 2.75) is 84.6 Å². The minimum absolute atomic E-state index is 0. The molecule has 2 heteroatoms. The summed E-state index contributed by atoms with van der Waals surface area (Å²) >= 11 is 0. The van der Waals surface area contributed by atoms with Crippen molar-refractivity contribution in [3.8, 4) is 0 Å². The van der Waals surface area contributed by atoms with E-state index in [1.54, 1.807) is 0 Å². The number of halogens is 1. The van der Waals surface area contributed by atoms with Gasteiger partial charge in [0, 0.05) is 18.1 Å². The first-order valence-electron chi connectivity index (χ1n) is 8.34. The Morgan fingerprint density at radius 3 is 2.15 bits per heavy atom. The number of aromatic nitrogens is 1. The number of rotatable bonds is 11. The zero-order valence-electron chi connectivity index (χ0n) is 13.4. The number of hydrogen-bond acceptors (Lipinski definition) is 0. The van der Waals surface area contributed by atoms with Gasteiger partial charge in [-0.05, 0) is 18.9 Å². The van der Waals surface area contributed by atoms with Crippen molar-refractivity contribution in [3.05, 3.63) is 30.1 Å². The van der Waals surface area contributed by atoms with E-state index in [0.29, 0.717) is 0 Å². The first-order chi connectivity index (χ1) is 9.36. The van der Waals surface area contributed by atoms with Crippen molar-refractivity contribution in [3.63, 3.8) is 0 Å². The van der Waals surface area contributed by atoms with Gasteiger partial charge in [-0.25, -0.2) is 4.57 Å². The molecule has 20 heavy (non-hydrogen) atoms. The van der Waals surface area contributed by atoms with Crippen LogP contribution in [0.1, 0.15) is 77.2 Å². The monoisotopic (exact) mass is 297 g/mol. The highest BCUT2D eigenvalue weighted by Gasteiger charge is 2.02. The third-order valence-corrected chi connectivity index (χ3v) is 3.73. The molecule has 0 spiro atoms. The SMILES string of the molecule is CCCCCCCCCC[n+]1cccc(CCC)c1.[Cl-]. The van der Waals surface area contributed by atoms with E-state index in [-0.39, 0.29) is 12.4 Å². The molecule has 0 aliphatic carbocycles. The van der Waals surface area contributed by atoms with Crippen LogP contribution in [-0.2, 0) is 13.0 Å². The molecular weight excluding hydrogens is 266 g/mol. The molecule has 116 valence electrons. The lowest BCUT2D eigenvalue weighted by Gasteiger charge is -2.01. The van der Waals surface area contributed by atoms with Crippen LogP contribution < -0.4 is 17.0 Å². The molecular formula is C18H32ClN. The van der Waals surface area contributed by atoms with Crippen molar-refractivity contribution in [1.82, 2.24) is 0 Å². The Hall–Kier alpha value is -0.560. The fourth-order valence-corrected chi connectivity index (χ4v) is 2.58. The summed E-state index contributed by atoms with van der Waals surface area (Å²) < 4.78 is 2.36. The van der Waals surface area contributed by atoms with E-state index in [1.165, 1.54) is 76.3 Å². The predicted octanol–water partition coefficient (Wildman–Crippen LogP) is 2.07. The molecule has 0 bridgehead atoms. The van der Waals surface area contributed by atoms with Crippen LogP contribution in [0.15, 0.2) is 24.5 Å². The molecule has 0 aromatic carbocycles. The van der Waals surface area contributed by atoms with Crippen molar-refractivity contribution < 1.29 is 17.0 Å². The fraction of sp³-hybridized carbons (Fsp3) is 0.722. The first-order valence-corrected chi connectivity index (χ1v) is 8.34.